The third kappa shape index (κ3) is 3.23. The van der Waals surface area contributed by atoms with Gasteiger partial charge >= 0.3 is 0 Å². The third-order valence-corrected chi connectivity index (χ3v) is 7.85. The van der Waals surface area contributed by atoms with Gasteiger partial charge in [-0.15, -0.1) is 22.7 Å². The van der Waals surface area contributed by atoms with Gasteiger partial charge < -0.3 is 4.90 Å². The van der Waals surface area contributed by atoms with Gasteiger partial charge in [-0.25, -0.2) is 9.97 Å². The molecule has 7 heteroatoms. The highest BCUT2D eigenvalue weighted by Crippen LogP contribution is 2.40. The number of fused-ring (bicyclic) bond motifs is 2. The Balaban J connectivity index is 1.40. The maximum Gasteiger partial charge on any atom is 0.233 e. The Kier molecular flexibility index (Phi) is 4.88. The van der Waals surface area contributed by atoms with E-state index in [1.54, 1.807) is 29.0 Å². The standard InChI is InChI=1S/C21H17N3OS3/c25-19(12-28-21-14-4-1-2-5-16(14)22-13-23-21)24-9-7-17-15(8-11-27-17)20(24)18-6-3-10-26-18/h1-6,8,10-11,13,20H,7,9,12H2. The number of nitrogens with zero attached hydrogens (tertiary/aromatic N) is 3. The van der Waals surface area contributed by atoms with E-state index >= 15 is 0 Å². The van der Waals surface area contributed by atoms with Crippen molar-refractivity contribution in [2.45, 2.75) is 17.5 Å². The van der Waals surface area contributed by atoms with E-state index in [9.17, 15) is 4.79 Å². The molecule has 1 atom stereocenters. The maximum atomic E-state index is 13.2. The first-order chi connectivity index (χ1) is 13.8. The van der Waals surface area contributed by atoms with E-state index in [1.165, 1.54) is 27.1 Å². The number of carbonyl (C=O) groups excluding carboxylic acids is 1. The van der Waals surface area contributed by atoms with Crippen LogP contribution in [-0.2, 0) is 11.2 Å². The highest BCUT2D eigenvalue weighted by Gasteiger charge is 2.33. The molecule has 1 unspecified atom stereocenters. The lowest BCUT2D eigenvalue weighted by molar-refractivity contribution is -0.130. The van der Waals surface area contributed by atoms with Gasteiger partial charge in [0, 0.05) is 21.7 Å². The van der Waals surface area contributed by atoms with Gasteiger partial charge in [0.25, 0.3) is 0 Å². The Hall–Kier alpha value is -2.22. The van der Waals surface area contributed by atoms with E-state index in [0.717, 1.165) is 28.9 Å². The minimum absolute atomic E-state index is 0.0326. The lowest BCUT2D eigenvalue weighted by Gasteiger charge is -2.35. The third-order valence-electron chi connectivity index (χ3n) is 4.94. The number of rotatable bonds is 4. The average molecular weight is 424 g/mol. The molecule has 4 nitrogen and oxygen atoms in total. The molecule has 0 radical (unpaired) electrons. The Labute approximate surface area is 175 Å². The van der Waals surface area contributed by atoms with Gasteiger partial charge in [-0.1, -0.05) is 36.0 Å². The SMILES string of the molecule is O=C(CSc1ncnc2ccccc12)N1CCc2sccc2C1c1cccs1. The Morgan fingerprint density at radius 2 is 2.04 bits per heavy atom. The number of thiophene rings is 2. The molecule has 0 bridgehead atoms. The van der Waals surface area contributed by atoms with Crippen molar-refractivity contribution in [3.63, 3.8) is 0 Å². The summed E-state index contributed by atoms with van der Waals surface area (Å²) >= 11 is 5.01. The molecule has 0 saturated carbocycles. The molecule has 4 heterocycles. The van der Waals surface area contributed by atoms with Crippen molar-refractivity contribution in [2.75, 3.05) is 12.3 Å². The molecule has 5 rings (SSSR count). The van der Waals surface area contributed by atoms with E-state index in [-0.39, 0.29) is 11.9 Å². The molecule has 4 aromatic rings. The number of amides is 1. The monoisotopic (exact) mass is 423 g/mol. The second-order valence-corrected chi connectivity index (χ2v) is 9.48. The molecule has 0 saturated heterocycles. The van der Waals surface area contributed by atoms with E-state index in [4.69, 9.17) is 0 Å². The van der Waals surface area contributed by atoms with Crippen LogP contribution in [0.2, 0.25) is 0 Å². The Morgan fingerprint density at radius 3 is 2.93 bits per heavy atom. The van der Waals surface area contributed by atoms with Crippen LogP contribution >= 0.6 is 34.4 Å². The van der Waals surface area contributed by atoms with E-state index in [0.29, 0.717) is 5.75 Å². The van der Waals surface area contributed by atoms with Crippen molar-refractivity contribution in [3.05, 3.63) is 74.9 Å². The molecule has 28 heavy (non-hydrogen) atoms. The van der Waals surface area contributed by atoms with Crippen LogP contribution in [-0.4, -0.2) is 33.1 Å². The van der Waals surface area contributed by atoms with Crippen LogP contribution in [0.4, 0.5) is 0 Å². The number of para-hydroxylation sites is 1. The summed E-state index contributed by atoms with van der Waals surface area (Å²) in [6.45, 7) is 0.764. The van der Waals surface area contributed by atoms with Gasteiger partial charge in [-0.3, -0.25) is 4.79 Å². The van der Waals surface area contributed by atoms with Crippen molar-refractivity contribution < 1.29 is 4.79 Å². The quantitative estimate of drug-likeness (QED) is 0.342. The molecular weight excluding hydrogens is 406 g/mol. The van der Waals surface area contributed by atoms with Crippen molar-refractivity contribution in [3.8, 4) is 0 Å². The van der Waals surface area contributed by atoms with Crippen LogP contribution < -0.4 is 0 Å². The summed E-state index contributed by atoms with van der Waals surface area (Å²) in [6, 6.07) is 14.3. The first-order valence-corrected chi connectivity index (χ1v) is 11.8. The number of benzene rings is 1. The first kappa shape index (κ1) is 17.8. The van der Waals surface area contributed by atoms with Crippen molar-refractivity contribution in [1.82, 2.24) is 14.9 Å². The first-order valence-electron chi connectivity index (χ1n) is 9.03. The number of thioether (sulfide) groups is 1. The zero-order valence-corrected chi connectivity index (χ0v) is 17.4. The second-order valence-electron chi connectivity index (χ2n) is 6.54. The molecular formula is C21H17N3OS3. The number of aromatic nitrogens is 2. The molecule has 1 aromatic carbocycles. The van der Waals surface area contributed by atoms with Crippen LogP contribution in [0, 0.1) is 0 Å². The predicted octanol–water partition coefficient (Wildman–Crippen LogP) is 5.02. The fourth-order valence-electron chi connectivity index (χ4n) is 3.65. The van der Waals surface area contributed by atoms with E-state index in [1.807, 2.05) is 29.2 Å². The number of carbonyl (C=O) groups is 1. The molecule has 1 aliphatic rings. The summed E-state index contributed by atoms with van der Waals surface area (Å²) in [4.78, 5) is 26.6. The van der Waals surface area contributed by atoms with Gasteiger partial charge in [0.15, 0.2) is 0 Å². The smallest absolute Gasteiger partial charge is 0.233 e. The van der Waals surface area contributed by atoms with Crippen molar-refractivity contribution in [2.24, 2.45) is 0 Å². The molecule has 1 amide bonds. The van der Waals surface area contributed by atoms with Crippen molar-refractivity contribution in [1.29, 1.82) is 0 Å². The lowest BCUT2D eigenvalue weighted by Crippen LogP contribution is -2.40. The molecule has 0 spiro atoms. The van der Waals surface area contributed by atoms with Crippen LogP contribution in [0.25, 0.3) is 10.9 Å². The zero-order valence-electron chi connectivity index (χ0n) is 14.9. The molecule has 3 aromatic heterocycles. The van der Waals surface area contributed by atoms with Gasteiger partial charge in [0.05, 0.1) is 17.3 Å². The van der Waals surface area contributed by atoms with Gasteiger partial charge in [-0.05, 0) is 40.9 Å². The van der Waals surface area contributed by atoms with E-state index in [2.05, 4.69) is 38.9 Å². The number of hydrogen-bond donors (Lipinski definition) is 0. The van der Waals surface area contributed by atoms with Gasteiger partial charge in [0.2, 0.25) is 5.91 Å². The Morgan fingerprint density at radius 1 is 1.11 bits per heavy atom. The summed E-state index contributed by atoms with van der Waals surface area (Å²) in [6.07, 6.45) is 2.50. The fraction of sp³-hybridized carbons (Fsp3) is 0.190. The minimum atomic E-state index is 0.0326. The van der Waals surface area contributed by atoms with Crippen LogP contribution in [0.1, 0.15) is 21.4 Å². The molecule has 0 aliphatic carbocycles. The highest BCUT2D eigenvalue weighted by molar-refractivity contribution is 8.00. The lowest BCUT2D eigenvalue weighted by atomic mass is 9.98. The average Bonchev–Trinajstić information content (AvgIpc) is 3.43. The minimum Gasteiger partial charge on any atom is -0.330 e. The topological polar surface area (TPSA) is 46.1 Å². The zero-order chi connectivity index (χ0) is 18.9. The van der Waals surface area contributed by atoms with Crippen molar-refractivity contribution >= 4 is 51.2 Å². The summed E-state index contributed by atoms with van der Waals surface area (Å²) in [5, 5.41) is 6.08. The molecule has 140 valence electrons. The van der Waals surface area contributed by atoms with Crippen LogP contribution in [0.15, 0.2) is 64.6 Å². The summed E-state index contributed by atoms with van der Waals surface area (Å²) in [5.41, 5.74) is 2.19. The van der Waals surface area contributed by atoms with Gasteiger partial charge in [-0.2, -0.15) is 0 Å². The Bertz CT molecular complexity index is 1120. The molecule has 0 N–H and O–H groups in total. The second kappa shape index (κ2) is 7.66. The highest BCUT2D eigenvalue weighted by atomic mass is 32.2. The number of hydrogen-bond acceptors (Lipinski definition) is 6. The predicted molar refractivity (Wildman–Crippen MR) is 116 cm³/mol. The summed E-state index contributed by atoms with van der Waals surface area (Å²) in [5.74, 6) is 0.533. The van der Waals surface area contributed by atoms with E-state index < -0.39 is 0 Å². The summed E-state index contributed by atoms with van der Waals surface area (Å²) in [7, 11) is 0. The van der Waals surface area contributed by atoms with Crippen LogP contribution in [0.5, 0.6) is 0 Å². The largest absolute Gasteiger partial charge is 0.330 e. The normalized spacial score (nSPS) is 16.3. The molecule has 0 fully saturated rings. The summed E-state index contributed by atoms with van der Waals surface area (Å²) < 4.78 is 0. The van der Waals surface area contributed by atoms with Gasteiger partial charge in [0.1, 0.15) is 11.4 Å². The fourth-order valence-corrected chi connectivity index (χ4v) is 6.28. The molecule has 1 aliphatic heterocycles. The van der Waals surface area contributed by atoms with Crippen LogP contribution in [0.3, 0.4) is 0 Å². The maximum absolute atomic E-state index is 13.2.